The van der Waals surface area contributed by atoms with Crippen LogP contribution in [-0.4, -0.2) is 18.2 Å². The van der Waals surface area contributed by atoms with E-state index in [2.05, 4.69) is 19.2 Å². The lowest BCUT2D eigenvalue weighted by molar-refractivity contribution is 0.105. The normalized spacial score (nSPS) is 29.3. The van der Waals surface area contributed by atoms with Crippen LogP contribution in [0.2, 0.25) is 5.02 Å². The fourth-order valence-corrected chi connectivity index (χ4v) is 2.18. The van der Waals surface area contributed by atoms with Gasteiger partial charge in [0.25, 0.3) is 0 Å². The van der Waals surface area contributed by atoms with Gasteiger partial charge in [-0.3, -0.25) is 0 Å². The van der Waals surface area contributed by atoms with Gasteiger partial charge in [0.05, 0.1) is 22.4 Å². The maximum absolute atomic E-state index is 6.13. The molecule has 0 amide bonds. The Morgan fingerprint density at radius 1 is 1.56 bits per heavy atom. The minimum Gasteiger partial charge on any atom is -0.399 e. The predicted octanol–water partition coefficient (Wildman–Crippen LogP) is 2.90. The Hall–Kier alpha value is -0.930. The van der Waals surface area contributed by atoms with Gasteiger partial charge in [-0.25, -0.2) is 0 Å². The van der Waals surface area contributed by atoms with Gasteiger partial charge in [-0.15, -0.1) is 0 Å². The number of nitrogens with one attached hydrogen (secondary N) is 1. The first-order valence-electron chi connectivity index (χ1n) is 5.46. The van der Waals surface area contributed by atoms with E-state index in [0.29, 0.717) is 10.7 Å². The van der Waals surface area contributed by atoms with E-state index in [-0.39, 0.29) is 11.6 Å². The standard InChI is InChI=1S/C12H17ClN2O/c1-8-12(2,5-6-16-8)15-11-4-3-9(14)7-10(11)13/h3-4,7-8,15H,5-6,14H2,1-2H3. The molecule has 2 rings (SSSR count). The number of hydrogen-bond donors (Lipinski definition) is 2. The molecule has 1 aliphatic heterocycles. The molecule has 1 heterocycles. The number of rotatable bonds is 2. The first kappa shape index (κ1) is 11.6. The third-order valence-corrected chi connectivity index (χ3v) is 3.61. The lowest BCUT2D eigenvalue weighted by Crippen LogP contribution is -2.41. The second-order valence-corrected chi connectivity index (χ2v) is 4.95. The minimum absolute atomic E-state index is 0.0558. The molecule has 1 aromatic carbocycles. The summed E-state index contributed by atoms with van der Waals surface area (Å²) in [6.07, 6.45) is 1.16. The van der Waals surface area contributed by atoms with Gasteiger partial charge in [-0.1, -0.05) is 11.6 Å². The molecule has 88 valence electrons. The maximum Gasteiger partial charge on any atom is 0.0774 e. The number of ether oxygens (including phenoxy) is 1. The highest BCUT2D eigenvalue weighted by Gasteiger charge is 2.37. The third-order valence-electron chi connectivity index (χ3n) is 3.30. The number of nitrogens with two attached hydrogens (primary N) is 1. The van der Waals surface area contributed by atoms with E-state index >= 15 is 0 Å². The van der Waals surface area contributed by atoms with Crippen molar-refractivity contribution in [3.63, 3.8) is 0 Å². The Bertz CT molecular complexity index is 397. The van der Waals surface area contributed by atoms with Gasteiger partial charge in [-0.05, 0) is 38.5 Å². The number of halogens is 1. The summed E-state index contributed by atoms with van der Waals surface area (Å²) < 4.78 is 5.57. The Labute approximate surface area is 101 Å². The van der Waals surface area contributed by atoms with Crippen molar-refractivity contribution in [3.05, 3.63) is 23.2 Å². The van der Waals surface area contributed by atoms with Crippen molar-refractivity contribution in [2.24, 2.45) is 0 Å². The van der Waals surface area contributed by atoms with E-state index in [1.165, 1.54) is 0 Å². The molecule has 2 atom stereocenters. The van der Waals surface area contributed by atoms with Crippen molar-refractivity contribution in [2.75, 3.05) is 17.7 Å². The van der Waals surface area contributed by atoms with Crippen LogP contribution in [0.25, 0.3) is 0 Å². The molecular weight excluding hydrogens is 224 g/mol. The van der Waals surface area contributed by atoms with Gasteiger partial charge in [0.2, 0.25) is 0 Å². The summed E-state index contributed by atoms with van der Waals surface area (Å²) in [5, 5.41) is 4.10. The fourth-order valence-electron chi connectivity index (χ4n) is 1.94. The van der Waals surface area contributed by atoms with Crippen LogP contribution in [0.3, 0.4) is 0 Å². The Balaban J connectivity index is 2.20. The molecule has 0 aliphatic carbocycles. The average Bonchev–Trinajstić information content (AvgIpc) is 2.52. The molecule has 0 saturated carbocycles. The molecule has 1 saturated heterocycles. The Morgan fingerprint density at radius 3 is 2.88 bits per heavy atom. The highest BCUT2D eigenvalue weighted by Crippen LogP contribution is 2.33. The SMILES string of the molecule is CC1OCCC1(C)Nc1ccc(N)cc1Cl. The molecule has 0 bridgehead atoms. The van der Waals surface area contributed by atoms with Gasteiger partial charge < -0.3 is 15.8 Å². The van der Waals surface area contributed by atoms with E-state index in [0.717, 1.165) is 18.7 Å². The zero-order valence-corrected chi connectivity index (χ0v) is 10.3. The van der Waals surface area contributed by atoms with Crippen LogP contribution < -0.4 is 11.1 Å². The van der Waals surface area contributed by atoms with Crippen LogP contribution in [0.15, 0.2) is 18.2 Å². The predicted molar refractivity (Wildman–Crippen MR) is 67.9 cm³/mol. The van der Waals surface area contributed by atoms with Crippen molar-refractivity contribution in [1.29, 1.82) is 0 Å². The largest absolute Gasteiger partial charge is 0.399 e. The topological polar surface area (TPSA) is 47.3 Å². The van der Waals surface area contributed by atoms with Gasteiger partial charge in [-0.2, -0.15) is 0 Å². The highest BCUT2D eigenvalue weighted by molar-refractivity contribution is 6.33. The smallest absolute Gasteiger partial charge is 0.0774 e. The van der Waals surface area contributed by atoms with Crippen molar-refractivity contribution in [1.82, 2.24) is 0 Å². The zero-order chi connectivity index (χ0) is 11.8. The molecule has 4 heteroatoms. The molecule has 0 spiro atoms. The molecule has 1 aromatic rings. The summed E-state index contributed by atoms with van der Waals surface area (Å²) in [7, 11) is 0. The second-order valence-electron chi connectivity index (χ2n) is 4.54. The molecule has 0 radical (unpaired) electrons. The van der Waals surface area contributed by atoms with E-state index in [1.807, 2.05) is 12.1 Å². The molecule has 0 aromatic heterocycles. The average molecular weight is 241 g/mol. The van der Waals surface area contributed by atoms with Gasteiger partial charge in [0.15, 0.2) is 0 Å². The minimum atomic E-state index is -0.0558. The fraction of sp³-hybridized carbons (Fsp3) is 0.500. The van der Waals surface area contributed by atoms with E-state index in [4.69, 9.17) is 22.1 Å². The van der Waals surface area contributed by atoms with E-state index < -0.39 is 0 Å². The first-order chi connectivity index (χ1) is 7.51. The summed E-state index contributed by atoms with van der Waals surface area (Å²) in [6.45, 7) is 5.01. The maximum atomic E-state index is 6.13. The van der Waals surface area contributed by atoms with Crippen molar-refractivity contribution < 1.29 is 4.74 Å². The van der Waals surface area contributed by atoms with Crippen LogP contribution in [0, 0.1) is 0 Å². The van der Waals surface area contributed by atoms with Crippen LogP contribution >= 0.6 is 11.6 Å². The molecular formula is C12H17ClN2O. The number of benzene rings is 1. The number of hydrogen-bond acceptors (Lipinski definition) is 3. The monoisotopic (exact) mass is 240 g/mol. The van der Waals surface area contributed by atoms with Gasteiger partial charge in [0.1, 0.15) is 0 Å². The molecule has 1 fully saturated rings. The summed E-state index contributed by atoms with van der Waals surface area (Å²) in [5.74, 6) is 0. The molecule has 1 aliphatic rings. The van der Waals surface area contributed by atoms with Crippen LogP contribution in [0.5, 0.6) is 0 Å². The molecule has 3 nitrogen and oxygen atoms in total. The van der Waals surface area contributed by atoms with Crippen LogP contribution in [0.1, 0.15) is 20.3 Å². The molecule has 16 heavy (non-hydrogen) atoms. The van der Waals surface area contributed by atoms with E-state index in [9.17, 15) is 0 Å². The number of nitrogen functional groups attached to an aromatic ring is 1. The molecule has 3 N–H and O–H groups in total. The van der Waals surface area contributed by atoms with Gasteiger partial charge in [0, 0.05) is 12.3 Å². The summed E-state index contributed by atoms with van der Waals surface area (Å²) in [5.41, 5.74) is 7.19. The lowest BCUT2D eigenvalue weighted by atomic mass is 9.94. The molecule has 2 unspecified atom stereocenters. The number of anilines is 2. The van der Waals surface area contributed by atoms with Crippen LogP contribution in [-0.2, 0) is 4.74 Å². The lowest BCUT2D eigenvalue weighted by Gasteiger charge is -2.30. The Kier molecular flexibility index (Phi) is 3.00. The summed E-state index contributed by atoms with van der Waals surface area (Å²) in [6, 6.07) is 5.51. The van der Waals surface area contributed by atoms with Gasteiger partial charge >= 0.3 is 0 Å². The van der Waals surface area contributed by atoms with Crippen LogP contribution in [0.4, 0.5) is 11.4 Å². The zero-order valence-electron chi connectivity index (χ0n) is 9.59. The first-order valence-corrected chi connectivity index (χ1v) is 5.84. The highest BCUT2D eigenvalue weighted by atomic mass is 35.5. The Morgan fingerprint density at radius 2 is 2.31 bits per heavy atom. The summed E-state index contributed by atoms with van der Waals surface area (Å²) >= 11 is 6.13. The van der Waals surface area contributed by atoms with Crippen molar-refractivity contribution >= 4 is 23.0 Å². The quantitative estimate of drug-likeness (QED) is 0.782. The van der Waals surface area contributed by atoms with Crippen molar-refractivity contribution in [2.45, 2.75) is 31.9 Å². The summed E-state index contributed by atoms with van der Waals surface area (Å²) in [4.78, 5) is 0. The second kappa shape index (κ2) is 4.15. The third kappa shape index (κ3) is 2.11. The van der Waals surface area contributed by atoms with E-state index in [1.54, 1.807) is 6.07 Å². The van der Waals surface area contributed by atoms with Crippen molar-refractivity contribution in [3.8, 4) is 0 Å².